The number of hydrogen-bond donors (Lipinski definition) is 2. The monoisotopic (exact) mass is 199 g/mol. The molecule has 0 saturated heterocycles. The highest BCUT2D eigenvalue weighted by Gasteiger charge is 2.01. The van der Waals surface area contributed by atoms with Crippen molar-refractivity contribution in [3.8, 4) is 0 Å². The number of aromatic nitrogens is 1. The summed E-state index contributed by atoms with van der Waals surface area (Å²) in [5.41, 5.74) is 0. The van der Waals surface area contributed by atoms with Gasteiger partial charge >= 0.3 is 0 Å². The van der Waals surface area contributed by atoms with Gasteiger partial charge in [-0.1, -0.05) is 0 Å². The molecule has 0 aliphatic carbocycles. The molecule has 0 spiro atoms. The maximum Gasteiger partial charge on any atom is 0.0897 e. The van der Waals surface area contributed by atoms with Crippen molar-refractivity contribution in [1.29, 1.82) is 0 Å². The van der Waals surface area contributed by atoms with Crippen LogP contribution in [-0.2, 0) is 6.54 Å². The molecule has 1 aromatic rings. The van der Waals surface area contributed by atoms with Crippen LogP contribution in [0.3, 0.4) is 0 Å². The first-order valence-electron chi connectivity index (χ1n) is 4.51. The second-order valence-corrected chi connectivity index (χ2v) is 4.50. The Bertz CT molecular complexity index is 247. The molecule has 74 valence electrons. The minimum atomic E-state index is 0.507. The number of nitrogens with zero attached hydrogens (tertiary/aromatic N) is 1. The number of thiazole rings is 1. The highest BCUT2D eigenvalue weighted by molar-refractivity contribution is 7.11. The van der Waals surface area contributed by atoms with Gasteiger partial charge in [-0.05, 0) is 20.9 Å². The van der Waals surface area contributed by atoms with E-state index in [1.54, 1.807) is 11.3 Å². The molecule has 3 nitrogen and oxygen atoms in total. The van der Waals surface area contributed by atoms with E-state index in [-0.39, 0.29) is 0 Å². The minimum Gasteiger partial charge on any atom is -0.318 e. The van der Waals surface area contributed by atoms with Crippen LogP contribution >= 0.6 is 11.3 Å². The van der Waals surface area contributed by atoms with Gasteiger partial charge in [0.1, 0.15) is 0 Å². The van der Waals surface area contributed by atoms with Crippen LogP contribution in [0.5, 0.6) is 0 Å². The number of rotatable bonds is 5. The van der Waals surface area contributed by atoms with Crippen LogP contribution < -0.4 is 10.6 Å². The Morgan fingerprint density at radius 3 is 2.92 bits per heavy atom. The van der Waals surface area contributed by atoms with Crippen molar-refractivity contribution in [2.45, 2.75) is 26.4 Å². The molecule has 1 atom stereocenters. The number of hydrogen-bond acceptors (Lipinski definition) is 4. The molecule has 0 bridgehead atoms. The Labute approximate surface area is 83.6 Å². The molecule has 2 N–H and O–H groups in total. The molecule has 13 heavy (non-hydrogen) atoms. The van der Waals surface area contributed by atoms with Gasteiger partial charge in [0.2, 0.25) is 0 Å². The Kier molecular flexibility index (Phi) is 4.35. The van der Waals surface area contributed by atoms with E-state index in [1.165, 1.54) is 4.88 Å². The smallest absolute Gasteiger partial charge is 0.0897 e. The predicted octanol–water partition coefficient (Wildman–Crippen LogP) is 1.15. The molecule has 0 radical (unpaired) electrons. The third kappa shape index (κ3) is 3.85. The van der Waals surface area contributed by atoms with E-state index in [1.807, 2.05) is 20.2 Å². The SMILES string of the molecule is CNCC(C)NCc1cnc(C)s1. The molecule has 0 saturated carbocycles. The Morgan fingerprint density at radius 1 is 1.62 bits per heavy atom. The average molecular weight is 199 g/mol. The fourth-order valence-electron chi connectivity index (χ4n) is 1.14. The van der Waals surface area contributed by atoms with E-state index in [0.717, 1.165) is 18.1 Å². The van der Waals surface area contributed by atoms with Crippen LogP contribution in [0.15, 0.2) is 6.20 Å². The van der Waals surface area contributed by atoms with E-state index in [0.29, 0.717) is 6.04 Å². The molecule has 0 aromatic carbocycles. The second kappa shape index (κ2) is 5.32. The fourth-order valence-corrected chi connectivity index (χ4v) is 1.89. The van der Waals surface area contributed by atoms with Crippen LogP contribution in [0.1, 0.15) is 16.8 Å². The molecule has 1 unspecified atom stereocenters. The summed E-state index contributed by atoms with van der Waals surface area (Å²) in [6.07, 6.45) is 1.94. The van der Waals surface area contributed by atoms with E-state index in [9.17, 15) is 0 Å². The van der Waals surface area contributed by atoms with Gasteiger partial charge in [0.05, 0.1) is 5.01 Å². The van der Waals surface area contributed by atoms with Crippen molar-refractivity contribution in [1.82, 2.24) is 15.6 Å². The van der Waals surface area contributed by atoms with Crippen molar-refractivity contribution in [3.63, 3.8) is 0 Å². The van der Waals surface area contributed by atoms with Crippen molar-refractivity contribution < 1.29 is 0 Å². The molecule has 0 aliphatic heterocycles. The first-order valence-corrected chi connectivity index (χ1v) is 5.33. The zero-order chi connectivity index (χ0) is 9.68. The summed E-state index contributed by atoms with van der Waals surface area (Å²) in [7, 11) is 1.97. The van der Waals surface area contributed by atoms with Gasteiger partial charge in [-0.15, -0.1) is 11.3 Å². The first kappa shape index (κ1) is 10.6. The normalized spacial score (nSPS) is 13.2. The zero-order valence-corrected chi connectivity index (χ0v) is 9.24. The summed E-state index contributed by atoms with van der Waals surface area (Å²) < 4.78 is 0. The Hall–Kier alpha value is -0.450. The van der Waals surface area contributed by atoms with Crippen molar-refractivity contribution in [2.24, 2.45) is 0 Å². The molecule has 0 fully saturated rings. The summed E-state index contributed by atoms with van der Waals surface area (Å²) in [6, 6.07) is 0.507. The summed E-state index contributed by atoms with van der Waals surface area (Å²) in [6.45, 7) is 6.13. The summed E-state index contributed by atoms with van der Waals surface area (Å²) >= 11 is 1.75. The summed E-state index contributed by atoms with van der Waals surface area (Å²) in [5.74, 6) is 0. The van der Waals surface area contributed by atoms with E-state index < -0.39 is 0 Å². The van der Waals surface area contributed by atoms with Gasteiger partial charge < -0.3 is 10.6 Å². The largest absolute Gasteiger partial charge is 0.318 e. The van der Waals surface area contributed by atoms with Crippen LogP contribution in [-0.4, -0.2) is 24.6 Å². The van der Waals surface area contributed by atoms with Crippen LogP contribution in [0.2, 0.25) is 0 Å². The van der Waals surface area contributed by atoms with Gasteiger partial charge in [0.15, 0.2) is 0 Å². The van der Waals surface area contributed by atoms with Crippen LogP contribution in [0.25, 0.3) is 0 Å². The third-order valence-corrected chi connectivity index (χ3v) is 2.72. The molecular formula is C9H17N3S. The highest BCUT2D eigenvalue weighted by atomic mass is 32.1. The maximum atomic E-state index is 4.20. The Balaban J connectivity index is 2.26. The lowest BCUT2D eigenvalue weighted by Gasteiger charge is -2.11. The number of likely N-dealkylation sites (N-methyl/N-ethyl adjacent to an activating group) is 1. The zero-order valence-electron chi connectivity index (χ0n) is 8.42. The quantitative estimate of drug-likeness (QED) is 0.747. The van der Waals surface area contributed by atoms with Gasteiger partial charge in [0, 0.05) is 30.2 Å². The lowest BCUT2D eigenvalue weighted by Crippen LogP contribution is -2.34. The van der Waals surface area contributed by atoms with E-state index in [2.05, 4.69) is 22.5 Å². The van der Waals surface area contributed by atoms with Gasteiger partial charge in [-0.3, -0.25) is 0 Å². The number of nitrogens with one attached hydrogen (secondary N) is 2. The van der Waals surface area contributed by atoms with Gasteiger partial charge in [0.25, 0.3) is 0 Å². The highest BCUT2D eigenvalue weighted by Crippen LogP contribution is 2.10. The lowest BCUT2D eigenvalue weighted by atomic mass is 10.3. The maximum absolute atomic E-state index is 4.20. The molecule has 0 aliphatic rings. The predicted molar refractivity (Wildman–Crippen MR) is 57.1 cm³/mol. The van der Waals surface area contributed by atoms with Crippen LogP contribution in [0, 0.1) is 6.92 Å². The van der Waals surface area contributed by atoms with E-state index >= 15 is 0 Å². The Morgan fingerprint density at radius 2 is 2.38 bits per heavy atom. The summed E-state index contributed by atoms with van der Waals surface area (Å²) in [4.78, 5) is 5.51. The third-order valence-electron chi connectivity index (χ3n) is 1.80. The van der Waals surface area contributed by atoms with E-state index in [4.69, 9.17) is 0 Å². The van der Waals surface area contributed by atoms with Gasteiger partial charge in [-0.2, -0.15) is 0 Å². The van der Waals surface area contributed by atoms with Crippen molar-refractivity contribution >= 4 is 11.3 Å². The molecule has 0 amide bonds. The topological polar surface area (TPSA) is 37.0 Å². The first-order chi connectivity index (χ1) is 6.22. The molecule has 1 aromatic heterocycles. The minimum absolute atomic E-state index is 0.507. The molecule has 1 heterocycles. The lowest BCUT2D eigenvalue weighted by molar-refractivity contribution is 0.525. The molecule has 4 heteroatoms. The second-order valence-electron chi connectivity index (χ2n) is 3.19. The molecule has 1 rings (SSSR count). The fraction of sp³-hybridized carbons (Fsp3) is 0.667. The standard InChI is InChI=1S/C9H17N3S/c1-7(4-10-3)11-5-9-6-12-8(2)13-9/h6-7,10-11H,4-5H2,1-3H3. The average Bonchev–Trinajstić information content (AvgIpc) is 2.49. The molecular weight excluding hydrogens is 182 g/mol. The summed E-state index contributed by atoms with van der Waals surface area (Å²) in [5, 5.41) is 7.69. The van der Waals surface area contributed by atoms with Crippen molar-refractivity contribution in [2.75, 3.05) is 13.6 Å². The van der Waals surface area contributed by atoms with Crippen LogP contribution in [0.4, 0.5) is 0 Å². The van der Waals surface area contributed by atoms with Crippen molar-refractivity contribution in [3.05, 3.63) is 16.1 Å². The van der Waals surface area contributed by atoms with Gasteiger partial charge in [-0.25, -0.2) is 4.98 Å². The number of aryl methyl sites for hydroxylation is 1.